The average molecular weight is 260 g/mol. The molecule has 2 rings (SSSR count). The monoisotopic (exact) mass is 260 g/mol. The number of thiophene rings is 1. The van der Waals surface area contributed by atoms with Gasteiger partial charge in [0.1, 0.15) is 12.4 Å². The maximum atomic E-state index is 10.5. The van der Waals surface area contributed by atoms with E-state index in [4.69, 9.17) is 9.84 Å². The number of rotatable bonds is 5. The van der Waals surface area contributed by atoms with Gasteiger partial charge in [-0.25, -0.2) is 4.79 Å². The lowest BCUT2D eigenvalue weighted by Gasteiger charge is -2.07. The molecule has 0 saturated carbocycles. The minimum Gasteiger partial charge on any atom is -0.487 e. The van der Waals surface area contributed by atoms with Crippen molar-refractivity contribution in [3.05, 3.63) is 58.3 Å². The first-order valence-electron chi connectivity index (χ1n) is 5.41. The van der Waals surface area contributed by atoms with E-state index in [2.05, 4.69) is 0 Å². The molecule has 0 unspecified atom stereocenters. The van der Waals surface area contributed by atoms with Gasteiger partial charge in [0.15, 0.2) is 0 Å². The van der Waals surface area contributed by atoms with E-state index in [-0.39, 0.29) is 0 Å². The van der Waals surface area contributed by atoms with E-state index in [1.807, 2.05) is 41.8 Å². The van der Waals surface area contributed by atoms with Crippen molar-refractivity contribution in [1.82, 2.24) is 0 Å². The normalized spacial score (nSPS) is 10.7. The fourth-order valence-corrected chi connectivity index (χ4v) is 2.07. The van der Waals surface area contributed by atoms with E-state index in [9.17, 15) is 4.79 Å². The molecule has 0 aliphatic carbocycles. The van der Waals surface area contributed by atoms with E-state index in [1.165, 1.54) is 6.08 Å². The standard InChI is InChI=1S/C14H12O3S/c15-14(16)8-7-11-4-1-2-6-13(11)17-10-12-5-3-9-18-12/h1-9H,10H2,(H,15,16)/b8-7+. The highest BCUT2D eigenvalue weighted by Gasteiger charge is 2.01. The molecule has 1 heterocycles. The Bertz CT molecular complexity index is 544. The van der Waals surface area contributed by atoms with Gasteiger partial charge in [-0.15, -0.1) is 11.3 Å². The van der Waals surface area contributed by atoms with Crippen molar-refractivity contribution in [2.24, 2.45) is 0 Å². The molecule has 92 valence electrons. The summed E-state index contributed by atoms with van der Waals surface area (Å²) in [5.74, 6) is -0.286. The number of hydrogen-bond donors (Lipinski definition) is 1. The summed E-state index contributed by atoms with van der Waals surface area (Å²) in [5, 5.41) is 10.6. The second-order valence-corrected chi connectivity index (χ2v) is 4.61. The smallest absolute Gasteiger partial charge is 0.328 e. The molecule has 3 nitrogen and oxygen atoms in total. The van der Waals surface area contributed by atoms with E-state index in [0.717, 1.165) is 16.5 Å². The molecule has 0 bridgehead atoms. The zero-order valence-electron chi connectivity index (χ0n) is 9.58. The van der Waals surface area contributed by atoms with Crippen molar-refractivity contribution in [3.63, 3.8) is 0 Å². The number of aliphatic carboxylic acids is 1. The van der Waals surface area contributed by atoms with E-state index in [1.54, 1.807) is 11.3 Å². The number of para-hydroxylation sites is 1. The summed E-state index contributed by atoms with van der Waals surface area (Å²) in [4.78, 5) is 11.6. The Morgan fingerprint density at radius 3 is 2.83 bits per heavy atom. The quantitative estimate of drug-likeness (QED) is 0.838. The minimum atomic E-state index is -0.969. The predicted molar refractivity (Wildman–Crippen MR) is 71.8 cm³/mol. The first kappa shape index (κ1) is 12.4. The molecular weight excluding hydrogens is 248 g/mol. The molecule has 1 N–H and O–H groups in total. The third-order valence-corrected chi connectivity index (χ3v) is 3.12. The van der Waals surface area contributed by atoms with Crippen LogP contribution in [0.5, 0.6) is 5.75 Å². The van der Waals surface area contributed by atoms with Crippen LogP contribution in [-0.2, 0) is 11.4 Å². The summed E-state index contributed by atoms with van der Waals surface area (Å²) in [6.45, 7) is 0.496. The summed E-state index contributed by atoms with van der Waals surface area (Å²) in [5.41, 5.74) is 0.761. The van der Waals surface area contributed by atoms with Gasteiger partial charge in [-0.2, -0.15) is 0 Å². The number of ether oxygens (including phenoxy) is 1. The molecule has 0 aliphatic rings. The van der Waals surface area contributed by atoms with Gasteiger partial charge in [-0.3, -0.25) is 0 Å². The number of benzene rings is 1. The second kappa shape index (κ2) is 6.02. The number of carboxylic acids is 1. The highest BCUT2D eigenvalue weighted by molar-refractivity contribution is 7.09. The first-order valence-corrected chi connectivity index (χ1v) is 6.29. The fraction of sp³-hybridized carbons (Fsp3) is 0.0714. The number of carboxylic acid groups (broad SMARTS) is 1. The van der Waals surface area contributed by atoms with E-state index >= 15 is 0 Å². The minimum absolute atomic E-state index is 0.496. The van der Waals surface area contributed by atoms with Crippen molar-refractivity contribution in [3.8, 4) is 5.75 Å². The SMILES string of the molecule is O=C(O)/C=C/c1ccccc1OCc1cccs1. The topological polar surface area (TPSA) is 46.5 Å². The Kier molecular flexibility index (Phi) is 4.15. The molecule has 0 saturated heterocycles. The molecular formula is C14H12O3S. The van der Waals surface area contributed by atoms with E-state index in [0.29, 0.717) is 12.4 Å². The highest BCUT2D eigenvalue weighted by Crippen LogP contribution is 2.21. The van der Waals surface area contributed by atoms with Crippen LogP contribution in [0.2, 0.25) is 0 Å². The van der Waals surface area contributed by atoms with Crippen molar-refractivity contribution < 1.29 is 14.6 Å². The van der Waals surface area contributed by atoms with Gasteiger partial charge in [0.2, 0.25) is 0 Å². The molecule has 2 aromatic rings. The predicted octanol–water partition coefficient (Wildman–Crippen LogP) is 3.42. The van der Waals surface area contributed by atoms with Crippen LogP contribution in [-0.4, -0.2) is 11.1 Å². The Hall–Kier alpha value is -2.07. The molecule has 0 fully saturated rings. The Morgan fingerprint density at radius 2 is 2.11 bits per heavy atom. The van der Waals surface area contributed by atoms with Gasteiger partial charge in [-0.1, -0.05) is 24.3 Å². The van der Waals surface area contributed by atoms with Crippen LogP contribution in [0.25, 0.3) is 6.08 Å². The molecule has 4 heteroatoms. The molecule has 0 aliphatic heterocycles. The van der Waals surface area contributed by atoms with Gasteiger partial charge in [0, 0.05) is 16.5 Å². The summed E-state index contributed by atoms with van der Waals surface area (Å²) < 4.78 is 5.68. The van der Waals surface area contributed by atoms with Crippen LogP contribution in [0.1, 0.15) is 10.4 Å². The van der Waals surface area contributed by atoms with Crippen LogP contribution >= 0.6 is 11.3 Å². The van der Waals surface area contributed by atoms with Crippen molar-refractivity contribution in [2.75, 3.05) is 0 Å². The maximum absolute atomic E-state index is 10.5. The maximum Gasteiger partial charge on any atom is 0.328 e. The van der Waals surface area contributed by atoms with Crippen molar-refractivity contribution in [1.29, 1.82) is 0 Å². The summed E-state index contributed by atoms with van der Waals surface area (Å²) >= 11 is 1.63. The molecule has 0 atom stereocenters. The molecule has 1 aromatic heterocycles. The lowest BCUT2D eigenvalue weighted by molar-refractivity contribution is -0.131. The summed E-state index contributed by atoms with van der Waals surface area (Å²) in [6, 6.07) is 11.3. The van der Waals surface area contributed by atoms with Crippen LogP contribution in [0.15, 0.2) is 47.9 Å². The van der Waals surface area contributed by atoms with Gasteiger partial charge in [-0.05, 0) is 23.6 Å². The lowest BCUT2D eigenvalue weighted by atomic mass is 10.2. The van der Waals surface area contributed by atoms with E-state index < -0.39 is 5.97 Å². The lowest BCUT2D eigenvalue weighted by Crippen LogP contribution is -1.95. The Balaban J connectivity index is 2.09. The van der Waals surface area contributed by atoms with Crippen molar-refractivity contribution in [2.45, 2.75) is 6.61 Å². The fourth-order valence-electron chi connectivity index (χ4n) is 1.45. The molecule has 0 radical (unpaired) electrons. The third-order valence-electron chi connectivity index (χ3n) is 2.27. The van der Waals surface area contributed by atoms with Gasteiger partial charge in [0.05, 0.1) is 0 Å². The number of carbonyl (C=O) groups is 1. The van der Waals surface area contributed by atoms with Crippen LogP contribution in [0, 0.1) is 0 Å². The van der Waals surface area contributed by atoms with Crippen LogP contribution in [0.4, 0.5) is 0 Å². The average Bonchev–Trinajstić information content (AvgIpc) is 2.88. The first-order chi connectivity index (χ1) is 8.75. The van der Waals surface area contributed by atoms with Crippen LogP contribution in [0.3, 0.4) is 0 Å². The molecule has 0 amide bonds. The van der Waals surface area contributed by atoms with Crippen molar-refractivity contribution >= 4 is 23.4 Å². The molecule has 0 spiro atoms. The van der Waals surface area contributed by atoms with Gasteiger partial charge in [0.25, 0.3) is 0 Å². The van der Waals surface area contributed by atoms with Gasteiger partial charge < -0.3 is 9.84 Å². The highest BCUT2D eigenvalue weighted by atomic mass is 32.1. The second-order valence-electron chi connectivity index (χ2n) is 3.58. The largest absolute Gasteiger partial charge is 0.487 e. The zero-order valence-corrected chi connectivity index (χ0v) is 10.4. The number of hydrogen-bond acceptors (Lipinski definition) is 3. The third kappa shape index (κ3) is 3.46. The molecule has 18 heavy (non-hydrogen) atoms. The Morgan fingerprint density at radius 1 is 1.28 bits per heavy atom. The Labute approximate surface area is 109 Å². The summed E-state index contributed by atoms with van der Waals surface area (Å²) in [7, 11) is 0. The molecule has 1 aromatic carbocycles. The zero-order chi connectivity index (χ0) is 12.8. The van der Waals surface area contributed by atoms with Gasteiger partial charge >= 0.3 is 5.97 Å². The summed E-state index contributed by atoms with van der Waals surface area (Å²) in [6.07, 6.45) is 2.64. The van der Waals surface area contributed by atoms with Crippen LogP contribution < -0.4 is 4.74 Å².